The maximum Gasteiger partial charge on any atom is 0.224 e. The van der Waals surface area contributed by atoms with Crippen LogP contribution in [0.5, 0.6) is 0 Å². The molecule has 2 aliphatic rings. The number of amides is 1. The predicted octanol–water partition coefficient (Wildman–Crippen LogP) is 0.218. The van der Waals surface area contributed by atoms with Gasteiger partial charge in [0.1, 0.15) is 0 Å². The van der Waals surface area contributed by atoms with Gasteiger partial charge >= 0.3 is 0 Å². The summed E-state index contributed by atoms with van der Waals surface area (Å²) in [6, 6.07) is 0.540. The van der Waals surface area contributed by atoms with Crippen molar-refractivity contribution >= 4 is 17.7 Å². The fourth-order valence-electron chi connectivity index (χ4n) is 1.63. The van der Waals surface area contributed by atoms with Crippen LogP contribution in [0.3, 0.4) is 0 Å². The number of carbonyl (C=O) groups excluding carboxylic acids is 1. The second-order valence-electron chi connectivity index (χ2n) is 3.75. The van der Waals surface area contributed by atoms with Crippen molar-refractivity contribution in [2.45, 2.75) is 18.9 Å². The van der Waals surface area contributed by atoms with Crippen LogP contribution in [-0.4, -0.2) is 36.5 Å². The average molecular weight is 200 g/mol. The Hall–Kier alpha value is -0.220. The van der Waals surface area contributed by atoms with Crippen LogP contribution in [0.1, 0.15) is 12.8 Å². The molecule has 2 unspecified atom stereocenters. The first-order chi connectivity index (χ1) is 6.36. The van der Waals surface area contributed by atoms with Crippen LogP contribution < -0.4 is 10.6 Å². The molecular formula is C9H16N2OS. The molecule has 0 radical (unpaired) electrons. The summed E-state index contributed by atoms with van der Waals surface area (Å²) in [5.74, 6) is 2.72. The SMILES string of the molecule is O=C(NCC1CCN1)C1CCSC1. The number of thioether (sulfide) groups is 1. The van der Waals surface area contributed by atoms with E-state index in [1.165, 1.54) is 6.42 Å². The molecular weight excluding hydrogens is 184 g/mol. The smallest absolute Gasteiger partial charge is 0.224 e. The number of hydrogen-bond donors (Lipinski definition) is 2. The zero-order chi connectivity index (χ0) is 9.10. The lowest BCUT2D eigenvalue weighted by atomic mass is 10.1. The first-order valence-electron chi connectivity index (χ1n) is 4.95. The molecule has 2 atom stereocenters. The van der Waals surface area contributed by atoms with Crippen molar-refractivity contribution in [3.8, 4) is 0 Å². The van der Waals surface area contributed by atoms with Crippen molar-refractivity contribution in [1.82, 2.24) is 10.6 Å². The van der Waals surface area contributed by atoms with E-state index in [0.717, 1.165) is 31.0 Å². The van der Waals surface area contributed by atoms with Crippen LogP contribution in [0.4, 0.5) is 0 Å². The van der Waals surface area contributed by atoms with Gasteiger partial charge in [-0.05, 0) is 25.1 Å². The van der Waals surface area contributed by atoms with Crippen LogP contribution in [0, 0.1) is 5.92 Å². The molecule has 0 aromatic carbocycles. The molecule has 13 heavy (non-hydrogen) atoms. The Kier molecular flexibility index (Phi) is 3.11. The maximum atomic E-state index is 11.5. The summed E-state index contributed by atoms with van der Waals surface area (Å²) in [6.45, 7) is 1.93. The lowest BCUT2D eigenvalue weighted by Crippen LogP contribution is -2.50. The summed E-state index contributed by atoms with van der Waals surface area (Å²) in [5.41, 5.74) is 0. The van der Waals surface area contributed by atoms with Crippen LogP contribution in [-0.2, 0) is 4.79 Å². The average Bonchev–Trinajstić information content (AvgIpc) is 2.52. The zero-order valence-electron chi connectivity index (χ0n) is 7.71. The van der Waals surface area contributed by atoms with Crippen LogP contribution >= 0.6 is 11.8 Å². The summed E-state index contributed by atoms with van der Waals surface area (Å²) in [6.07, 6.45) is 2.27. The fourth-order valence-corrected chi connectivity index (χ4v) is 2.85. The number of nitrogens with one attached hydrogen (secondary N) is 2. The van der Waals surface area contributed by atoms with Gasteiger partial charge in [0.2, 0.25) is 5.91 Å². The van der Waals surface area contributed by atoms with Gasteiger partial charge in [-0.3, -0.25) is 4.79 Å². The highest BCUT2D eigenvalue weighted by molar-refractivity contribution is 7.99. The minimum atomic E-state index is 0.263. The van der Waals surface area contributed by atoms with Gasteiger partial charge in [-0.2, -0.15) is 11.8 Å². The number of hydrogen-bond acceptors (Lipinski definition) is 3. The molecule has 4 heteroatoms. The molecule has 0 spiro atoms. The van der Waals surface area contributed by atoms with Crippen molar-refractivity contribution in [2.24, 2.45) is 5.92 Å². The first-order valence-corrected chi connectivity index (χ1v) is 6.10. The molecule has 0 saturated carbocycles. The summed E-state index contributed by atoms with van der Waals surface area (Å²) >= 11 is 1.89. The third-order valence-corrected chi connectivity index (χ3v) is 3.91. The van der Waals surface area contributed by atoms with Crippen LogP contribution in [0.2, 0.25) is 0 Å². The molecule has 3 nitrogen and oxygen atoms in total. The molecule has 2 rings (SSSR count). The molecule has 2 fully saturated rings. The van der Waals surface area contributed by atoms with Crippen molar-refractivity contribution < 1.29 is 4.79 Å². The quantitative estimate of drug-likeness (QED) is 0.684. The van der Waals surface area contributed by atoms with E-state index in [9.17, 15) is 4.79 Å². The highest BCUT2D eigenvalue weighted by atomic mass is 32.2. The molecule has 0 aromatic rings. The van der Waals surface area contributed by atoms with Crippen LogP contribution in [0.25, 0.3) is 0 Å². The topological polar surface area (TPSA) is 41.1 Å². The van der Waals surface area contributed by atoms with Gasteiger partial charge in [0.15, 0.2) is 0 Å². The van der Waals surface area contributed by atoms with E-state index >= 15 is 0 Å². The zero-order valence-corrected chi connectivity index (χ0v) is 8.53. The molecule has 0 aliphatic carbocycles. The number of carbonyl (C=O) groups is 1. The highest BCUT2D eigenvalue weighted by Crippen LogP contribution is 2.23. The molecule has 0 bridgehead atoms. The lowest BCUT2D eigenvalue weighted by molar-refractivity contribution is -0.124. The van der Waals surface area contributed by atoms with Gasteiger partial charge in [-0.1, -0.05) is 0 Å². The van der Waals surface area contributed by atoms with E-state index in [-0.39, 0.29) is 11.8 Å². The third kappa shape index (κ3) is 2.38. The third-order valence-electron chi connectivity index (χ3n) is 2.75. The summed E-state index contributed by atoms with van der Waals surface area (Å²) in [5, 5.41) is 6.28. The Morgan fingerprint density at radius 1 is 1.54 bits per heavy atom. The Morgan fingerprint density at radius 2 is 2.38 bits per heavy atom. The second kappa shape index (κ2) is 4.33. The standard InChI is InChI=1S/C9H16N2OS/c12-9(7-2-4-13-6-7)11-5-8-1-3-10-8/h7-8,10H,1-6H2,(H,11,12). The van der Waals surface area contributed by atoms with Gasteiger partial charge < -0.3 is 10.6 Å². The monoisotopic (exact) mass is 200 g/mol. The van der Waals surface area contributed by atoms with E-state index in [1.54, 1.807) is 0 Å². The first kappa shape index (κ1) is 9.34. The van der Waals surface area contributed by atoms with Gasteiger partial charge in [0.25, 0.3) is 0 Å². The van der Waals surface area contributed by atoms with Gasteiger partial charge in [0.05, 0.1) is 0 Å². The van der Waals surface area contributed by atoms with Crippen LogP contribution in [0.15, 0.2) is 0 Å². The molecule has 0 aromatic heterocycles. The minimum absolute atomic E-state index is 0.263. The molecule has 2 saturated heterocycles. The van der Waals surface area contributed by atoms with E-state index in [4.69, 9.17) is 0 Å². The lowest BCUT2D eigenvalue weighted by Gasteiger charge is -2.28. The Balaban J connectivity index is 1.65. The van der Waals surface area contributed by atoms with Crippen molar-refractivity contribution in [3.05, 3.63) is 0 Å². The van der Waals surface area contributed by atoms with E-state index in [0.29, 0.717) is 6.04 Å². The predicted molar refractivity (Wildman–Crippen MR) is 54.8 cm³/mol. The van der Waals surface area contributed by atoms with Crippen molar-refractivity contribution in [1.29, 1.82) is 0 Å². The van der Waals surface area contributed by atoms with Gasteiger partial charge in [-0.25, -0.2) is 0 Å². The Labute approximate surface area is 83.0 Å². The summed E-state index contributed by atoms with van der Waals surface area (Å²) in [4.78, 5) is 11.5. The van der Waals surface area contributed by atoms with Gasteiger partial charge in [-0.15, -0.1) is 0 Å². The molecule has 1 amide bonds. The van der Waals surface area contributed by atoms with Gasteiger partial charge in [0, 0.05) is 24.3 Å². The molecule has 2 aliphatic heterocycles. The Bertz CT molecular complexity index is 188. The Morgan fingerprint density at radius 3 is 2.92 bits per heavy atom. The highest BCUT2D eigenvalue weighted by Gasteiger charge is 2.24. The largest absolute Gasteiger partial charge is 0.354 e. The van der Waals surface area contributed by atoms with E-state index in [1.807, 2.05) is 11.8 Å². The normalized spacial score (nSPS) is 32.6. The van der Waals surface area contributed by atoms with Crippen molar-refractivity contribution in [2.75, 3.05) is 24.6 Å². The van der Waals surface area contributed by atoms with E-state index in [2.05, 4.69) is 10.6 Å². The molecule has 74 valence electrons. The summed E-state index contributed by atoms with van der Waals surface area (Å²) < 4.78 is 0. The second-order valence-corrected chi connectivity index (χ2v) is 4.90. The van der Waals surface area contributed by atoms with Crippen molar-refractivity contribution in [3.63, 3.8) is 0 Å². The number of rotatable bonds is 3. The maximum absolute atomic E-state index is 11.5. The van der Waals surface area contributed by atoms with E-state index < -0.39 is 0 Å². The molecule has 2 heterocycles. The minimum Gasteiger partial charge on any atom is -0.354 e. The fraction of sp³-hybridized carbons (Fsp3) is 0.889. The summed E-state index contributed by atoms with van der Waals surface area (Å²) in [7, 11) is 0. The molecule has 2 N–H and O–H groups in total.